The van der Waals surface area contributed by atoms with E-state index in [-0.39, 0.29) is 332 Å². The van der Waals surface area contributed by atoms with E-state index in [0.29, 0.717) is 0 Å². The van der Waals surface area contributed by atoms with Gasteiger partial charge in [0, 0.05) is 82.1 Å². The average molecular weight is 2000 g/mol. The molecule has 0 aromatic carbocycles. The van der Waals surface area contributed by atoms with Crippen LogP contribution in [0.4, 0.5) is 0 Å². The SMILES string of the molecule is O=C([O-])CCCSC[C@H]1O[C@@H]2O[C@H]3[C@H](O)[C@@H](O)[C@@H](O[C@H]4[C@H](O)[C@@H](O)[C@@H](O[C@H]5[C@@H](O)[C@@H](O)[C@@H](O[C@H]6[C@@H](O)[C@@H](O)[C@@H](O[C@H]7[C@H](O)[C@@H](O)[C@@H](O[C@H]8[C@H](O)[C@@H](O)[C@@H](O[C@H]1[C@H](O)[C@H]2O)O[C@@H]8CSCCCC(=O)[O-])O[C@@H]7CSCCCC(=O)[O-])O[C@@H]6CSCCCC(=O)[O-])O[C@@H]5CSCCCC(=O)[O-])O[C@@H]4CSCCCC(=O)[O-])O[C@@H]3CSCCCC(=O)[O-].[Na+].[Na+].[Na+].[Na+].[Na+].[Na+].[Na+]. The zero-order valence-electron chi connectivity index (χ0n) is 71.1. The van der Waals surface area contributed by atoms with Crippen LogP contribution in [0.2, 0.25) is 0 Å². The van der Waals surface area contributed by atoms with Crippen LogP contribution in [0.5, 0.6) is 0 Å². The smallest absolute Gasteiger partial charge is 0.550 e. The number of carboxylic acids is 7. The zero-order valence-corrected chi connectivity index (χ0v) is 90.8. The third kappa shape index (κ3) is 40.1. The van der Waals surface area contributed by atoms with Crippen molar-refractivity contribution in [3.05, 3.63) is 0 Å². The molecule has 0 radical (unpaired) electrons. The summed E-state index contributed by atoms with van der Waals surface area (Å²) in [5.41, 5.74) is 0. The van der Waals surface area contributed by atoms with Crippen LogP contribution in [-0.2, 0) is 99.9 Å². The van der Waals surface area contributed by atoms with Gasteiger partial charge in [-0.2, -0.15) is 82.3 Å². The summed E-state index contributed by atoms with van der Waals surface area (Å²) < 4.78 is 88.5. The van der Waals surface area contributed by atoms with Crippen LogP contribution in [0.1, 0.15) is 89.9 Å². The Bertz CT molecular complexity index is 2590. The number of thioether (sulfide) groups is 7. The molecule has 0 aliphatic carbocycles. The molecular formula is C70H105Na7O42S7. The molecular weight excluding hydrogens is 1900 g/mol. The minimum atomic E-state index is -2.26. The third-order valence-corrected chi connectivity index (χ3v) is 28.2. The van der Waals surface area contributed by atoms with Gasteiger partial charge in [-0.05, 0) is 130 Å². The molecule has 21 aliphatic heterocycles. The molecule has 0 aromatic rings. The quantitative estimate of drug-likeness (QED) is 0.0199. The number of aliphatic hydroxyl groups is 14. The van der Waals surface area contributed by atoms with Crippen LogP contribution in [0.25, 0.3) is 0 Å². The predicted octanol–water partition coefficient (Wildman–Crippen LogP) is -34.3. The largest absolute Gasteiger partial charge is 1.00 e. The van der Waals surface area contributed by atoms with E-state index in [1.54, 1.807) is 0 Å². The van der Waals surface area contributed by atoms with Crippen LogP contribution < -0.4 is 243 Å². The van der Waals surface area contributed by atoms with Gasteiger partial charge in [-0.15, -0.1) is 0 Å². The second kappa shape index (κ2) is 66.5. The molecule has 0 unspecified atom stereocenters. The molecule has 21 saturated heterocycles. The van der Waals surface area contributed by atoms with Crippen LogP contribution in [0.3, 0.4) is 0 Å². The van der Waals surface area contributed by atoms with Crippen molar-refractivity contribution in [3.8, 4) is 0 Å². The van der Waals surface area contributed by atoms with Crippen molar-refractivity contribution in [3.63, 3.8) is 0 Å². The van der Waals surface area contributed by atoms with E-state index in [9.17, 15) is 141 Å². The van der Waals surface area contributed by atoms with Crippen molar-refractivity contribution in [2.45, 2.75) is 305 Å². The topological polar surface area (TPSA) is 693 Å². The Labute approximate surface area is 911 Å². The average Bonchev–Trinajstić information content (AvgIpc) is 0.788. The van der Waals surface area contributed by atoms with Gasteiger partial charge >= 0.3 is 207 Å². The number of carbonyl (C=O) groups excluding carboxylic acids is 7. The van der Waals surface area contributed by atoms with E-state index in [2.05, 4.69) is 0 Å². The van der Waals surface area contributed by atoms with Crippen molar-refractivity contribution in [1.29, 1.82) is 0 Å². The first-order chi connectivity index (χ1) is 56.6. The molecule has 0 amide bonds. The molecule has 0 spiro atoms. The third-order valence-electron chi connectivity index (χ3n) is 20.2. The second-order valence-corrected chi connectivity index (χ2v) is 37.3. The summed E-state index contributed by atoms with van der Waals surface area (Å²) in [6.45, 7) is 0. The molecule has 14 bridgehead atoms. The first-order valence-corrected chi connectivity index (χ1v) is 46.9. The number of ether oxygens (including phenoxy) is 14. The maximum atomic E-state index is 12.3. The second-order valence-electron chi connectivity index (χ2n) is 29.2. The summed E-state index contributed by atoms with van der Waals surface area (Å²) >= 11 is 7.13. The Morgan fingerprint density at radius 1 is 0.183 bits per heavy atom. The number of aliphatic hydroxyl groups excluding tert-OH is 14. The predicted molar refractivity (Wildman–Crippen MR) is 400 cm³/mol. The Morgan fingerprint density at radius 3 is 0.381 bits per heavy atom. The normalized spacial score (nSPS) is 37.6. The van der Waals surface area contributed by atoms with Crippen molar-refractivity contribution in [2.24, 2.45) is 0 Å². The van der Waals surface area contributed by atoms with Gasteiger partial charge in [-0.1, -0.05) is 0 Å². The Kier molecular flexibility index (Phi) is 67.8. The minimum absolute atomic E-state index is 0. The van der Waals surface area contributed by atoms with Crippen LogP contribution >= 0.6 is 82.3 Å². The number of hydrogen-bond acceptors (Lipinski definition) is 49. The van der Waals surface area contributed by atoms with Crippen molar-refractivity contribution >= 4 is 124 Å². The summed E-state index contributed by atoms with van der Waals surface area (Å²) in [7, 11) is 0. The summed E-state index contributed by atoms with van der Waals surface area (Å²) in [4.78, 5) is 80.4. The fraction of sp³-hybridized carbons (Fsp3) is 0.900. The fourth-order valence-corrected chi connectivity index (χ4v) is 21.1. The molecule has 35 atom stereocenters. The van der Waals surface area contributed by atoms with Gasteiger partial charge in [0.05, 0.1) is 42.7 Å². The first kappa shape index (κ1) is 129. The molecule has 0 saturated carbocycles. The van der Waals surface area contributed by atoms with E-state index in [1.807, 2.05) is 0 Å². The van der Waals surface area contributed by atoms with Gasteiger partial charge in [0.1, 0.15) is 128 Å². The number of carboxylic acid groups (broad SMARTS) is 7. The van der Waals surface area contributed by atoms with Crippen LogP contribution in [-0.4, -0.2) is 409 Å². The van der Waals surface area contributed by atoms with Gasteiger partial charge in [-0.25, -0.2) is 0 Å². The van der Waals surface area contributed by atoms with Gasteiger partial charge < -0.3 is 207 Å². The molecule has 21 fully saturated rings. The van der Waals surface area contributed by atoms with Gasteiger partial charge in [0.2, 0.25) is 0 Å². The van der Waals surface area contributed by atoms with Crippen molar-refractivity contribution in [2.75, 3.05) is 80.5 Å². The molecule has 126 heavy (non-hydrogen) atoms. The number of aliphatic carboxylic acids is 7. The summed E-state index contributed by atoms with van der Waals surface area (Å²) in [5, 5.41) is 251. The maximum absolute atomic E-state index is 12.3. The number of carbonyl (C=O) groups is 7. The van der Waals surface area contributed by atoms with Crippen LogP contribution in [0, 0.1) is 0 Å². The molecule has 14 N–H and O–H groups in total. The molecule has 686 valence electrons. The fourth-order valence-electron chi connectivity index (χ4n) is 14.0. The monoisotopic (exact) mass is 2000 g/mol. The van der Waals surface area contributed by atoms with E-state index in [1.165, 1.54) is 0 Å². The van der Waals surface area contributed by atoms with E-state index >= 15 is 0 Å². The summed E-state index contributed by atoms with van der Waals surface area (Å²) in [5.74, 6) is -11.2. The maximum Gasteiger partial charge on any atom is 1.00 e. The summed E-state index contributed by atoms with van der Waals surface area (Å²) in [6.07, 6.45) is -72.1. The minimum Gasteiger partial charge on any atom is -0.550 e. The Hall–Kier alpha value is 4.62. The Balaban J connectivity index is 0.0000113. The molecule has 42 nitrogen and oxygen atoms in total. The van der Waals surface area contributed by atoms with Gasteiger partial charge in [-0.3, -0.25) is 0 Å². The van der Waals surface area contributed by atoms with E-state index in [4.69, 9.17) is 66.3 Å². The van der Waals surface area contributed by atoms with E-state index < -0.39 is 302 Å². The first-order valence-electron chi connectivity index (χ1n) is 38.8. The molecule has 21 rings (SSSR count). The summed E-state index contributed by atoms with van der Waals surface area (Å²) in [6, 6.07) is 0. The number of rotatable bonds is 42. The molecule has 56 heteroatoms. The standard InChI is InChI=1S/C70H112O42S7.7Na/c71-36(72)8-1-15-113-22-29-57-43(85)50(92)64(99-29)107-58-30(23-114-16-2-9-37(73)74)101-66(52(94)45(58)87)109-60-32(25-116-18-4-11-39(77)78)103-68(54(96)47(60)89)111-62-34(27-118-20-6-13-41(81)82)105-70(56(98)49(62)91)112-63-35(28-119-21-7-14-42(83)84)104-69(55(97)48(63)90)110-61-33(26-117-19-5-12-40(79)80)102-67(53(95)46(61)88)108-59-31(24-115-17-3-10-38(75)76)100-65(106-57)51(93)44(59)86;;;;;;;/h29-35,43-70,85-98H,1-28H2,(H,71,72)(H,73,74)(H,75,76)(H,77,78)(H,79,80)(H,81,82)(H,83,84);;;;;;;/q;7*+1/p-7/t29-,30-,31-,32-,33-,34-,35-,43-,44-,45-,46-,47-,48+,49+,50-,51-,52-,53-,54-,55-,56-,57-,58-,59-,60-,61-,62-,63-,64-,65-,66-,67-,68-,69-,70-;;;;;;;/m1......./s1. The molecule has 0 aromatic heterocycles. The molecule has 21 aliphatic rings. The zero-order chi connectivity index (χ0) is 86.9. The molecule has 21 heterocycles. The van der Waals surface area contributed by atoms with Gasteiger partial charge in [0.15, 0.2) is 44.0 Å². The Morgan fingerprint density at radius 2 is 0.286 bits per heavy atom. The van der Waals surface area contributed by atoms with E-state index in [0.717, 1.165) is 82.3 Å². The van der Waals surface area contributed by atoms with Crippen LogP contribution in [0.15, 0.2) is 0 Å². The van der Waals surface area contributed by atoms with Crippen molar-refractivity contribution in [1.82, 2.24) is 0 Å². The van der Waals surface area contributed by atoms with Crippen molar-refractivity contribution < 1.29 is 414 Å². The number of hydrogen-bond donors (Lipinski definition) is 14. The van der Waals surface area contributed by atoms with Gasteiger partial charge in [0.25, 0.3) is 0 Å².